The van der Waals surface area contributed by atoms with Gasteiger partial charge in [0, 0.05) is 0 Å². The molecule has 313 valence electrons. The third-order valence-electron chi connectivity index (χ3n) is 15.2. The Morgan fingerprint density at radius 1 is 0.387 bits per heavy atom. The zero-order chi connectivity index (χ0) is 41.8. The molecule has 2 unspecified atom stereocenters. The first-order chi connectivity index (χ1) is 30.6. The van der Waals surface area contributed by atoms with Gasteiger partial charge in [-0.15, -0.1) is 0 Å². The Bertz CT molecular complexity index is 2330. The second-order valence-corrected chi connectivity index (χ2v) is 39.6. The van der Waals surface area contributed by atoms with Gasteiger partial charge in [0.05, 0.1) is 0 Å². The maximum absolute atomic E-state index is 2.82. The van der Waals surface area contributed by atoms with Crippen LogP contribution >= 0.6 is 0 Å². The van der Waals surface area contributed by atoms with Crippen LogP contribution in [0, 0.1) is 11.8 Å². The van der Waals surface area contributed by atoms with Gasteiger partial charge >= 0.3 is 385 Å². The second kappa shape index (κ2) is 19.3. The van der Waals surface area contributed by atoms with E-state index in [0.29, 0.717) is 7.25 Å². The standard InChI is InChI=1S/2C29H29.C2H7Si.Zr/c2*1-2-6-12-22(11-5-1)19-23-20-28-26(24-13-7-3-8-14-24)17-18-27(29(28)21-23)25-15-9-4-10-16-25;1-3-2;/h2*3-4,7-10,13-18,20-22H,1-2,5-6,11-12,19H2;3H,1-2H3;. The summed E-state index contributed by atoms with van der Waals surface area (Å²) in [6, 6.07) is 55.9. The molecule has 0 spiro atoms. The minimum atomic E-state index is -2.62. The second-order valence-electron chi connectivity index (χ2n) is 19.5. The number of fused-ring (bicyclic) bond motifs is 2. The van der Waals surface area contributed by atoms with Crippen LogP contribution in [0.4, 0.5) is 0 Å². The van der Waals surface area contributed by atoms with Crippen molar-refractivity contribution < 1.29 is 20.9 Å². The Labute approximate surface area is 381 Å². The zero-order valence-electron chi connectivity index (χ0n) is 37.3. The summed E-state index contributed by atoms with van der Waals surface area (Å²) in [5.41, 5.74) is 21.5. The van der Waals surface area contributed by atoms with Crippen molar-refractivity contribution >= 4 is 18.1 Å². The van der Waals surface area contributed by atoms with Crippen molar-refractivity contribution in [2.45, 2.75) is 110 Å². The number of allylic oxidation sites excluding steroid dienone is 2. The third-order valence-corrected chi connectivity index (χ3v) is 36.9. The predicted octanol–water partition coefficient (Wildman–Crippen LogP) is 17.3. The third kappa shape index (κ3) is 8.61. The Morgan fingerprint density at radius 2 is 0.694 bits per heavy atom. The summed E-state index contributed by atoms with van der Waals surface area (Å²) >= 11 is -2.62. The van der Waals surface area contributed by atoms with Crippen LogP contribution < -0.4 is 0 Å². The summed E-state index contributed by atoms with van der Waals surface area (Å²) in [5.74, 6) is 0.375. The van der Waals surface area contributed by atoms with E-state index in [9.17, 15) is 0 Å². The van der Waals surface area contributed by atoms with Crippen LogP contribution in [-0.4, -0.2) is 5.92 Å². The molecule has 0 aliphatic heterocycles. The van der Waals surface area contributed by atoms with Crippen LogP contribution in [0.5, 0.6) is 0 Å². The van der Waals surface area contributed by atoms with Gasteiger partial charge in [0.15, 0.2) is 0 Å². The fraction of sp³-hybridized carbons (Fsp3) is 0.333. The Balaban J connectivity index is 1.23. The van der Waals surface area contributed by atoms with Crippen LogP contribution in [0.1, 0.15) is 119 Å². The van der Waals surface area contributed by atoms with Crippen LogP contribution in [-0.2, 0) is 20.9 Å². The molecule has 6 aromatic carbocycles. The van der Waals surface area contributed by atoms with Crippen molar-refractivity contribution in [3.63, 3.8) is 0 Å². The van der Waals surface area contributed by atoms with Crippen molar-refractivity contribution in [2.24, 2.45) is 11.8 Å². The monoisotopic (exact) mass is 903 g/mol. The maximum atomic E-state index is 2.82. The molecule has 4 aliphatic carbocycles. The number of hydrogen-bond donors (Lipinski definition) is 0. The molecule has 6 aromatic rings. The van der Waals surface area contributed by atoms with E-state index < -0.39 is 26.8 Å². The Hall–Kier alpha value is -4.10. The number of benzene rings is 6. The van der Waals surface area contributed by atoms with E-state index in [1.165, 1.54) is 134 Å². The van der Waals surface area contributed by atoms with Crippen molar-refractivity contribution in [2.75, 3.05) is 0 Å². The van der Waals surface area contributed by atoms with Gasteiger partial charge in [-0.05, 0) is 0 Å². The summed E-state index contributed by atoms with van der Waals surface area (Å²) in [7, 11) is 0. The molecule has 2 heteroatoms. The van der Waals surface area contributed by atoms with Gasteiger partial charge in [0.25, 0.3) is 0 Å². The summed E-state index contributed by atoms with van der Waals surface area (Å²) in [6.07, 6.45) is 25.0. The SMILES string of the molecule is C[SiH](C)[Zr]([CH]1C(CC2CCCCCC2)=Cc2c(-c3ccccc3)ccc(-c3ccccc3)c21)[CH]1C(CC2CCCCCC2)=Cc2c(-c3ccccc3)ccc(-c3ccccc3)c21. The Morgan fingerprint density at radius 3 is 1.02 bits per heavy atom. The molecule has 0 saturated heterocycles. The minimum absolute atomic E-state index is 0.568. The van der Waals surface area contributed by atoms with Crippen molar-refractivity contribution in [3.05, 3.63) is 179 Å². The summed E-state index contributed by atoms with van der Waals surface area (Å²) in [5, 5.41) is 0. The molecule has 2 atom stereocenters. The molecule has 10 rings (SSSR count). The first-order valence-corrected chi connectivity index (χ1v) is 34.4. The molecule has 2 fully saturated rings. The fourth-order valence-corrected chi connectivity index (χ4v) is 35.1. The molecule has 0 amide bonds. The van der Waals surface area contributed by atoms with Crippen LogP contribution in [0.25, 0.3) is 56.7 Å². The van der Waals surface area contributed by atoms with E-state index in [2.05, 4.69) is 171 Å². The van der Waals surface area contributed by atoms with Crippen LogP contribution in [0.3, 0.4) is 0 Å². The normalized spacial score (nSPS) is 19.3. The summed E-state index contributed by atoms with van der Waals surface area (Å²) in [4.78, 5) is 0. The van der Waals surface area contributed by atoms with E-state index in [1.807, 2.05) is 11.1 Å². The van der Waals surface area contributed by atoms with Gasteiger partial charge in [0.1, 0.15) is 0 Å². The van der Waals surface area contributed by atoms with Gasteiger partial charge in [-0.1, -0.05) is 0 Å². The molecular formula is C60H65SiZr. The van der Waals surface area contributed by atoms with Crippen molar-refractivity contribution in [3.8, 4) is 44.5 Å². The first kappa shape index (κ1) is 41.9. The summed E-state index contributed by atoms with van der Waals surface area (Å²) < 4.78 is 1.14. The molecular weight excluding hydrogens is 840 g/mol. The van der Waals surface area contributed by atoms with Gasteiger partial charge in [-0.25, -0.2) is 0 Å². The first-order valence-electron chi connectivity index (χ1n) is 24.5. The van der Waals surface area contributed by atoms with Crippen LogP contribution in [0.2, 0.25) is 13.1 Å². The van der Waals surface area contributed by atoms with Crippen LogP contribution in [0.15, 0.2) is 157 Å². The zero-order valence-corrected chi connectivity index (χ0v) is 40.9. The molecule has 0 heterocycles. The van der Waals surface area contributed by atoms with E-state index in [0.717, 1.165) is 11.8 Å². The molecule has 62 heavy (non-hydrogen) atoms. The van der Waals surface area contributed by atoms with E-state index >= 15 is 0 Å². The topological polar surface area (TPSA) is 0 Å². The molecule has 0 N–H and O–H groups in total. The predicted molar refractivity (Wildman–Crippen MR) is 267 cm³/mol. The van der Waals surface area contributed by atoms with Gasteiger partial charge < -0.3 is 0 Å². The van der Waals surface area contributed by atoms with E-state index in [4.69, 9.17) is 0 Å². The molecule has 0 nitrogen and oxygen atoms in total. The molecule has 0 aromatic heterocycles. The summed E-state index contributed by atoms with van der Waals surface area (Å²) in [6.45, 7) is 5.62. The van der Waals surface area contributed by atoms with E-state index in [-0.39, 0.29) is 0 Å². The van der Waals surface area contributed by atoms with Crippen molar-refractivity contribution in [1.82, 2.24) is 0 Å². The van der Waals surface area contributed by atoms with Gasteiger partial charge in [-0.3, -0.25) is 0 Å². The molecule has 0 radical (unpaired) electrons. The molecule has 4 aliphatic rings. The number of rotatable bonds is 11. The average molecular weight is 905 g/mol. The number of hydrogen-bond acceptors (Lipinski definition) is 0. The average Bonchev–Trinajstić information content (AvgIpc) is 3.57. The Kier molecular flexibility index (Phi) is 13.1. The molecule has 0 bridgehead atoms. The fourth-order valence-electron chi connectivity index (χ4n) is 12.3. The molecule has 2 saturated carbocycles. The van der Waals surface area contributed by atoms with Gasteiger partial charge in [0.2, 0.25) is 0 Å². The van der Waals surface area contributed by atoms with E-state index in [1.54, 1.807) is 22.3 Å². The quantitative estimate of drug-likeness (QED) is 0.0898. The van der Waals surface area contributed by atoms with Crippen molar-refractivity contribution in [1.29, 1.82) is 0 Å². The van der Waals surface area contributed by atoms with Gasteiger partial charge in [-0.2, -0.15) is 0 Å².